The van der Waals surface area contributed by atoms with Crippen molar-refractivity contribution >= 4 is 22.6 Å². The van der Waals surface area contributed by atoms with Crippen molar-refractivity contribution in [3.8, 4) is 0 Å². The first-order valence-corrected chi connectivity index (χ1v) is 6.29. The predicted molar refractivity (Wildman–Crippen MR) is 65.6 cm³/mol. The van der Waals surface area contributed by atoms with Crippen LogP contribution in [0.4, 0.5) is 11.4 Å². The van der Waals surface area contributed by atoms with Crippen molar-refractivity contribution in [2.24, 2.45) is 0 Å². The summed E-state index contributed by atoms with van der Waals surface area (Å²) >= 11 is -1.06. The number of benzene rings is 2. The van der Waals surface area contributed by atoms with E-state index in [0.29, 0.717) is 0 Å². The van der Waals surface area contributed by atoms with Crippen LogP contribution in [0.25, 0.3) is 0 Å². The lowest BCUT2D eigenvalue weighted by Crippen LogP contribution is -2.13. The minimum atomic E-state index is -1.06. The van der Waals surface area contributed by atoms with E-state index >= 15 is 0 Å². The molecule has 1 atom stereocenters. The molecular formula is C13H11NOS. The van der Waals surface area contributed by atoms with Crippen LogP contribution in [-0.2, 0) is 11.2 Å². The van der Waals surface area contributed by atoms with Crippen molar-refractivity contribution < 1.29 is 4.55 Å². The summed E-state index contributed by atoms with van der Waals surface area (Å²) in [6, 6.07) is 13.7. The SMILES string of the molecule is Cc1ccc2c(c1)Nc1ccccc1[S+]2[O-]. The fourth-order valence-corrected chi connectivity index (χ4v) is 3.16. The summed E-state index contributed by atoms with van der Waals surface area (Å²) in [6.07, 6.45) is 0. The maximum absolute atomic E-state index is 12.3. The van der Waals surface area contributed by atoms with Gasteiger partial charge in [0.15, 0.2) is 9.79 Å². The molecule has 0 aromatic heterocycles. The van der Waals surface area contributed by atoms with Crippen molar-refractivity contribution in [1.29, 1.82) is 0 Å². The van der Waals surface area contributed by atoms with Crippen molar-refractivity contribution in [1.82, 2.24) is 0 Å². The van der Waals surface area contributed by atoms with Crippen LogP contribution in [0.3, 0.4) is 0 Å². The monoisotopic (exact) mass is 229 g/mol. The highest BCUT2D eigenvalue weighted by atomic mass is 32.2. The first-order valence-electron chi connectivity index (χ1n) is 5.14. The number of para-hydroxylation sites is 1. The molecule has 0 bridgehead atoms. The van der Waals surface area contributed by atoms with Crippen LogP contribution in [0, 0.1) is 6.92 Å². The average Bonchev–Trinajstić information content (AvgIpc) is 2.29. The van der Waals surface area contributed by atoms with Gasteiger partial charge in [0.1, 0.15) is 0 Å². The van der Waals surface area contributed by atoms with Crippen LogP contribution in [0.5, 0.6) is 0 Å². The quantitative estimate of drug-likeness (QED) is 0.704. The fourth-order valence-electron chi connectivity index (χ4n) is 1.90. The molecule has 3 heteroatoms. The molecule has 3 rings (SSSR count). The van der Waals surface area contributed by atoms with Crippen LogP contribution >= 0.6 is 0 Å². The molecule has 1 heterocycles. The van der Waals surface area contributed by atoms with E-state index in [4.69, 9.17) is 0 Å². The first-order chi connectivity index (χ1) is 7.75. The predicted octanol–water partition coefficient (Wildman–Crippen LogP) is 3.22. The summed E-state index contributed by atoms with van der Waals surface area (Å²) in [5.74, 6) is 0. The molecule has 16 heavy (non-hydrogen) atoms. The molecule has 0 spiro atoms. The van der Waals surface area contributed by atoms with Crippen molar-refractivity contribution in [3.63, 3.8) is 0 Å². The van der Waals surface area contributed by atoms with Gasteiger partial charge in [-0.15, -0.1) is 0 Å². The maximum atomic E-state index is 12.3. The van der Waals surface area contributed by atoms with Gasteiger partial charge in [-0.2, -0.15) is 0 Å². The van der Waals surface area contributed by atoms with Crippen molar-refractivity contribution in [2.45, 2.75) is 16.7 Å². The topological polar surface area (TPSA) is 35.1 Å². The lowest BCUT2D eigenvalue weighted by molar-refractivity contribution is 0.595. The van der Waals surface area contributed by atoms with E-state index in [1.165, 1.54) is 5.56 Å². The number of nitrogens with one attached hydrogen (secondary N) is 1. The van der Waals surface area contributed by atoms with E-state index in [1.807, 2.05) is 49.4 Å². The van der Waals surface area contributed by atoms with Gasteiger partial charge >= 0.3 is 0 Å². The summed E-state index contributed by atoms with van der Waals surface area (Å²) in [7, 11) is 0. The summed E-state index contributed by atoms with van der Waals surface area (Å²) in [5.41, 5.74) is 3.07. The third-order valence-corrected chi connectivity index (χ3v) is 4.20. The van der Waals surface area contributed by atoms with Crippen LogP contribution in [-0.4, -0.2) is 4.55 Å². The van der Waals surface area contributed by atoms with Gasteiger partial charge in [-0.25, -0.2) is 0 Å². The molecule has 1 N–H and O–H groups in total. The third kappa shape index (κ3) is 1.40. The first kappa shape index (κ1) is 9.75. The third-order valence-electron chi connectivity index (χ3n) is 2.69. The Morgan fingerprint density at radius 2 is 1.75 bits per heavy atom. The van der Waals surface area contributed by atoms with Gasteiger partial charge in [0.25, 0.3) is 0 Å². The largest absolute Gasteiger partial charge is 0.606 e. The van der Waals surface area contributed by atoms with Crippen molar-refractivity contribution in [2.75, 3.05) is 5.32 Å². The minimum absolute atomic E-state index is 0.860. The Balaban J connectivity index is 2.18. The lowest BCUT2D eigenvalue weighted by Gasteiger charge is -2.22. The van der Waals surface area contributed by atoms with Gasteiger partial charge in [0.05, 0.1) is 11.4 Å². The molecule has 80 valence electrons. The molecule has 0 aliphatic carbocycles. The van der Waals surface area contributed by atoms with E-state index in [2.05, 4.69) is 5.32 Å². The molecule has 2 aromatic carbocycles. The standard InChI is InChI=1S/C13H11NOS/c1-9-6-7-13-11(8-9)14-10-4-2-3-5-12(10)16(13)15/h2-8,14H,1H3. The second-order valence-electron chi connectivity index (χ2n) is 3.89. The molecule has 1 aliphatic rings. The van der Waals surface area contributed by atoms with E-state index in [0.717, 1.165) is 21.2 Å². The molecule has 0 radical (unpaired) electrons. The average molecular weight is 229 g/mol. The summed E-state index contributed by atoms with van der Waals surface area (Å²) in [5, 5.41) is 3.32. The number of aryl methyl sites for hydroxylation is 1. The highest BCUT2D eigenvalue weighted by Gasteiger charge is 2.27. The number of anilines is 2. The van der Waals surface area contributed by atoms with Gasteiger partial charge in [-0.3, -0.25) is 0 Å². The van der Waals surface area contributed by atoms with E-state index in [1.54, 1.807) is 0 Å². The summed E-state index contributed by atoms with van der Waals surface area (Å²) in [6.45, 7) is 2.03. The second-order valence-corrected chi connectivity index (χ2v) is 5.31. The molecular weight excluding hydrogens is 218 g/mol. The number of hydrogen-bond acceptors (Lipinski definition) is 2. The summed E-state index contributed by atoms with van der Waals surface area (Å²) < 4.78 is 12.3. The lowest BCUT2D eigenvalue weighted by atomic mass is 10.2. The molecule has 1 unspecified atom stereocenters. The molecule has 0 saturated carbocycles. The van der Waals surface area contributed by atoms with E-state index in [-0.39, 0.29) is 0 Å². The Hall–Kier alpha value is -1.45. The minimum Gasteiger partial charge on any atom is -0.606 e. The van der Waals surface area contributed by atoms with E-state index in [9.17, 15) is 4.55 Å². The molecule has 1 aliphatic heterocycles. The molecule has 2 nitrogen and oxygen atoms in total. The zero-order valence-corrected chi connectivity index (χ0v) is 9.67. The fraction of sp³-hybridized carbons (Fsp3) is 0.0769. The van der Waals surface area contributed by atoms with Crippen LogP contribution in [0.2, 0.25) is 0 Å². The molecule has 0 fully saturated rings. The van der Waals surface area contributed by atoms with E-state index < -0.39 is 11.2 Å². The normalized spacial score (nSPS) is 17.2. The van der Waals surface area contributed by atoms with Crippen molar-refractivity contribution in [3.05, 3.63) is 48.0 Å². The Morgan fingerprint density at radius 1 is 1.00 bits per heavy atom. The van der Waals surface area contributed by atoms with Crippen LogP contribution in [0.15, 0.2) is 52.3 Å². The Bertz CT molecular complexity index is 553. The zero-order chi connectivity index (χ0) is 11.1. The maximum Gasteiger partial charge on any atom is 0.181 e. The Morgan fingerprint density at radius 3 is 2.62 bits per heavy atom. The Labute approximate surface area is 97.5 Å². The van der Waals surface area contributed by atoms with Gasteiger partial charge in [0, 0.05) is 11.2 Å². The number of rotatable bonds is 0. The smallest absolute Gasteiger partial charge is 0.181 e. The zero-order valence-electron chi connectivity index (χ0n) is 8.86. The molecule has 2 aromatic rings. The number of fused-ring (bicyclic) bond motifs is 2. The molecule has 0 saturated heterocycles. The van der Waals surface area contributed by atoms with Gasteiger partial charge in [-0.1, -0.05) is 18.2 Å². The van der Waals surface area contributed by atoms with Gasteiger partial charge in [0.2, 0.25) is 0 Å². The van der Waals surface area contributed by atoms with Gasteiger partial charge in [-0.05, 0) is 36.8 Å². The summed E-state index contributed by atoms with van der Waals surface area (Å²) in [4.78, 5) is 1.73. The second kappa shape index (κ2) is 3.54. The molecule has 0 amide bonds. The van der Waals surface area contributed by atoms with Gasteiger partial charge < -0.3 is 9.87 Å². The van der Waals surface area contributed by atoms with Crippen LogP contribution < -0.4 is 5.32 Å². The highest BCUT2D eigenvalue weighted by Crippen LogP contribution is 2.39. The highest BCUT2D eigenvalue weighted by molar-refractivity contribution is 7.92. The van der Waals surface area contributed by atoms with Crippen LogP contribution in [0.1, 0.15) is 5.56 Å². The number of hydrogen-bond donors (Lipinski definition) is 1. The Kier molecular flexibility index (Phi) is 2.16.